The molecular weight excluding hydrogens is 396 g/mol. The molecule has 154 valence electrons. The minimum Gasteiger partial charge on any atom is -0.300 e. The van der Waals surface area contributed by atoms with Crippen molar-refractivity contribution >= 4 is 32.4 Å². The van der Waals surface area contributed by atoms with Crippen LogP contribution >= 0.6 is 11.3 Å². The molecule has 28 heavy (non-hydrogen) atoms. The number of anilines is 1. The van der Waals surface area contributed by atoms with E-state index in [1.54, 1.807) is 20.8 Å². The molecule has 1 atom stereocenters. The van der Waals surface area contributed by atoms with E-state index in [9.17, 15) is 13.2 Å². The smallest absolute Gasteiger partial charge is 0.270 e. The predicted molar refractivity (Wildman–Crippen MR) is 112 cm³/mol. The highest BCUT2D eigenvalue weighted by molar-refractivity contribution is 7.91. The third-order valence-electron chi connectivity index (χ3n) is 4.27. The van der Waals surface area contributed by atoms with Crippen molar-refractivity contribution in [3.8, 4) is 0 Å². The van der Waals surface area contributed by atoms with Gasteiger partial charge in [-0.1, -0.05) is 76.3 Å². The summed E-state index contributed by atoms with van der Waals surface area (Å²) in [5, 5.41) is 10.3. The van der Waals surface area contributed by atoms with Gasteiger partial charge in [-0.15, -0.1) is 10.2 Å². The van der Waals surface area contributed by atoms with Gasteiger partial charge >= 0.3 is 0 Å². The Morgan fingerprint density at radius 3 is 2.29 bits per heavy atom. The fourth-order valence-corrected chi connectivity index (χ4v) is 4.94. The van der Waals surface area contributed by atoms with Gasteiger partial charge < -0.3 is 5.32 Å². The lowest BCUT2D eigenvalue weighted by Crippen LogP contribution is -2.37. The Balaban J connectivity index is 2.06. The predicted octanol–water partition coefficient (Wildman–Crippen LogP) is 3.56. The zero-order valence-electron chi connectivity index (χ0n) is 17.1. The van der Waals surface area contributed by atoms with E-state index in [2.05, 4.69) is 34.1 Å². The van der Waals surface area contributed by atoms with Gasteiger partial charge in [0.2, 0.25) is 15.4 Å². The largest absolute Gasteiger partial charge is 0.300 e. The summed E-state index contributed by atoms with van der Waals surface area (Å²) >= 11 is 0.836. The van der Waals surface area contributed by atoms with Gasteiger partial charge in [-0.25, -0.2) is 13.1 Å². The first-order chi connectivity index (χ1) is 12.8. The summed E-state index contributed by atoms with van der Waals surface area (Å²) in [4.78, 5) is 12.0. The summed E-state index contributed by atoms with van der Waals surface area (Å²) < 4.78 is 27.8. The maximum atomic E-state index is 12.6. The molecule has 0 unspecified atom stereocenters. The molecule has 2 rings (SSSR count). The van der Waals surface area contributed by atoms with Crippen molar-refractivity contribution in [2.45, 2.75) is 63.8 Å². The molecule has 7 nitrogen and oxygen atoms in total. The zero-order valence-corrected chi connectivity index (χ0v) is 18.7. The van der Waals surface area contributed by atoms with Gasteiger partial charge in [0.15, 0.2) is 0 Å². The number of nitrogens with one attached hydrogen (secondary N) is 2. The van der Waals surface area contributed by atoms with Crippen molar-refractivity contribution in [1.82, 2.24) is 14.9 Å². The van der Waals surface area contributed by atoms with Crippen LogP contribution in [-0.2, 0) is 20.2 Å². The number of hydrogen-bond acceptors (Lipinski definition) is 6. The Bertz CT molecular complexity index is 916. The van der Waals surface area contributed by atoms with Crippen LogP contribution < -0.4 is 10.0 Å². The fraction of sp³-hybridized carbons (Fsp3) is 0.526. The van der Waals surface area contributed by atoms with Gasteiger partial charge in [-0.05, 0) is 24.3 Å². The lowest BCUT2D eigenvalue weighted by molar-refractivity contribution is -0.123. The standard InChI is InChI=1S/C19H28N4O3S2/c1-13(12-19(5,6)14-10-8-7-9-11-14)23-28(25,26)17-22-21-16(27-17)20-15(24)18(2,3)4/h7-11,13,23H,12H2,1-6H3,(H,20,21,24)/t13-/m0/s1. The molecule has 0 fully saturated rings. The zero-order chi connectivity index (χ0) is 21.2. The third kappa shape index (κ3) is 5.83. The van der Waals surface area contributed by atoms with Crippen LogP contribution in [0.5, 0.6) is 0 Å². The molecule has 0 aliphatic heterocycles. The third-order valence-corrected chi connectivity index (χ3v) is 7.06. The van der Waals surface area contributed by atoms with Crippen LogP contribution in [-0.4, -0.2) is 30.6 Å². The summed E-state index contributed by atoms with van der Waals surface area (Å²) in [6.07, 6.45) is 0.614. The molecule has 9 heteroatoms. The summed E-state index contributed by atoms with van der Waals surface area (Å²) in [7, 11) is -3.82. The van der Waals surface area contributed by atoms with Gasteiger partial charge in [0.1, 0.15) is 0 Å². The Morgan fingerprint density at radius 2 is 1.71 bits per heavy atom. The average molecular weight is 425 g/mol. The number of sulfonamides is 1. The minimum absolute atomic E-state index is 0.164. The van der Waals surface area contributed by atoms with E-state index < -0.39 is 15.4 Å². The number of rotatable bonds is 7. The lowest BCUT2D eigenvalue weighted by atomic mass is 9.79. The van der Waals surface area contributed by atoms with E-state index in [0.717, 1.165) is 16.9 Å². The summed E-state index contributed by atoms with van der Waals surface area (Å²) in [6.45, 7) is 11.3. The first-order valence-corrected chi connectivity index (χ1v) is 11.3. The molecule has 0 spiro atoms. The number of nitrogens with zero attached hydrogens (tertiary/aromatic N) is 2. The van der Waals surface area contributed by atoms with Crippen molar-refractivity contribution in [2.75, 3.05) is 5.32 Å². The Kier molecular flexibility index (Phi) is 6.62. The summed E-state index contributed by atoms with van der Waals surface area (Å²) in [6, 6.07) is 9.67. The Morgan fingerprint density at radius 1 is 1.11 bits per heavy atom. The molecule has 0 radical (unpaired) electrons. The van der Waals surface area contributed by atoms with Crippen LogP contribution in [0.3, 0.4) is 0 Å². The lowest BCUT2D eigenvalue weighted by Gasteiger charge is -2.28. The number of hydrogen-bond donors (Lipinski definition) is 2. The highest BCUT2D eigenvalue weighted by Crippen LogP contribution is 2.29. The quantitative estimate of drug-likeness (QED) is 0.662. The molecule has 1 heterocycles. The molecule has 0 bridgehead atoms. The van der Waals surface area contributed by atoms with E-state index in [-0.39, 0.29) is 26.8 Å². The fourth-order valence-electron chi connectivity index (χ4n) is 2.78. The number of benzene rings is 1. The maximum Gasteiger partial charge on any atom is 0.270 e. The van der Waals surface area contributed by atoms with E-state index in [1.165, 1.54) is 0 Å². The first kappa shape index (κ1) is 22.4. The molecule has 0 saturated heterocycles. The molecule has 0 aliphatic carbocycles. The van der Waals surface area contributed by atoms with Crippen LogP contribution in [0.15, 0.2) is 34.7 Å². The molecular formula is C19H28N4O3S2. The number of aromatic nitrogens is 2. The SMILES string of the molecule is C[C@@H](CC(C)(C)c1ccccc1)NS(=O)(=O)c1nnc(NC(=O)C(C)(C)C)s1. The Labute approximate surface area is 171 Å². The van der Waals surface area contributed by atoms with Crippen molar-refractivity contribution in [1.29, 1.82) is 0 Å². The van der Waals surface area contributed by atoms with Gasteiger partial charge in [-0.3, -0.25) is 4.79 Å². The van der Waals surface area contributed by atoms with E-state index in [0.29, 0.717) is 6.42 Å². The van der Waals surface area contributed by atoms with E-state index in [1.807, 2.05) is 37.3 Å². The van der Waals surface area contributed by atoms with Crippen LogP contribution in [0.2, 0.25) is 0 Å². The molecule has 1 aromatic carbocycles. The normalized spacial score (nSPS) is 13.9. The topological polar surface area (TPSA) is 101 Å². The first-order valence-electron chi connectivity index (χ1n) is 9.04. The van der Waals surface area contributed by atoms with Gasteiger partial charge in [0, 0.05) is 11.5 Å². The van der Waals surface area contributed by atoms with Crippen LogP contribution in [0.25, 0.3) is 0 Å². The molecule has 1 aromatic heterocycles. The van der Waals surface area contributed by atoms with Crippen LogP contribution in [0.1, 0.15) is 53.5 Å². The Hall–Kier alpha value is -1.84. The van der Waals surface area contributed by atoms with Crippen molar-refractivity contribution in [3.05, 3.63) is 35.9 Å². The highest BCUT2D eigenvalue weighted by Gasteiger charge is 2.29. The van der Waals surface area contributed by atoms with Gasteiger partial charge in [0.05, 0.1) is 0 Å². The second kappa shape index (κ2) is 8.26. The monoisotopic (exact) mass is 424 g/mol. The minimum atomic E-state index is -3.82. The number of carbonyl (C=O) groups is 1. The molecule has 0 saturated carbocycles. The van der Waals surface area contributed by atoms with Crippen molar-refractivity contribution < 1.29 is 13.2 Å². The number of carbonyl (C=O) groups excluding carboxylic acids is 1. The van der Waals surface area contributed by atoms with Crippen molar-refractivity contribution in [3.63, 3.8) is 0 Å². The van der Waals surface area contributed by atoms with E-state index >= 15 is 0 Å². The van der Waals surface area contributed by atoms with Crippen LogP contribution in [0, 0.1) is 5.41 Å². The summed E-state index contributed by atoms with van der Waals surface area (Å²) in [5.41, 5.74) is 0.334. The van der Waals surface area contributed by atoms with E-state index in [4.69, 9.17) is 0 Å². The van der Waals surface area contributed by atoms with Crippen LogP contribution in [0.4, 0.5) is 5.13 Å². The molecule has 0 aliphatic rings. The molecule has 1 amide bonds. The summed E-state index contributed by atoms with van der Waals surface area (Å²) in [5.74, 6) is -0.251. The highest BCUT2D eigenvalue weighted by atomic mass is 32.2. The maximum absolute atomic E-state index is 12.6. The average Bonchev–Trinajstić information content (AvgIpc) is 3.03. The van der Waals surface area contributed by atoms with Gasteiger partial charge in [-0.2, -0.15) is 0 Å². The second-order valence-corrected chi connectivity index (χ2v) is 11.4. The van der Waals surface area contributed by atoms with Crippen molar-refractivity contribution in [2.24, 2.45) is 5.41 Å². The molecule has 2 aromatic rings. The molecule has 2 N–H and O–H groups in total. The number of amides is 1. The van der Waals surface area contributed by atoms with Gasteiger partial charge in [0.25, 0.3) is 10.0 Å². The second-order valence-electron chi connectivity index (χ2n) is 8.55.